The molecule has 4 heteroatoms. The van der Waals surface area contributed by atoms with Crippen LogP contribution in [0.15, 0.2) is 24.3 Å². The average Bonchev–Trinajstić information content (AvgIpc) is 2.30. The molecule has 1 aromatic carbocycles. The van der Waals surface area contributed by atoms with Gasteiger partial charge >= 0.3 is 0 Å². The van der Waals surface area contributed by atoms with E-state index in [-0.39, 0.29) is 0 Å². The van der Waals surface area contributed by atoms with Crippen LogP contribution in [-0.2, 0) is 0 Å². The molecule has 2 nitrogen and oxygen atoms in total. The summed E-state index contributed by atoms with van der Waals surface area (Å²) in [5, 5.41) is 4.48. The Bertz CT molecular complexity index is 360. The second kappa shape index (κ2) is 2.44. The Kier molecular flexibility index (Phi) is 1.56. The van der Waals surface area contributed by atoms with Crippen LogP contribution in [0.4, 0.5) is 4.48 Å². The van der Waals surface area contributed by atoms with Gasteiger partial charge in [-0.3, -0.25) is 0 Å². The molecule has 0 amide bonds. The second-order valence-electron chi connectivity index (χ2n) is 2.17. The van der Waals surface area contributed by atoms with E-state index in [1.807, 2.05) is 34.7 Å². The fourth-order valence-corrected chi connectivity index (χ4v) is 1.64. The van der Waals surface area contributed by atoms with Gasteiger partial charge in [0, 0.05) is 5.39 Å². The van der Waals surface area contributed by atoms with Crippen molar-refractivity contribution in [3.8, 4) is 0 Å². The number of hydrogen-bond acceptors (Lipinski definition) is 1. The zero-order valence-corrected chi connectivity index (χ0v) is 7.62. The van der Waals surface area contributed by atoms with Crippen molar-refractivity contribution in [1.82, 2.24) is 10.0 Å². The maximum Gasteiger partial charge on any atom is 0.134 e. The molecule has 0 aliphatic carbocycles. The summed E-state index contributed by atoms with van der Waals surface area (Å²) in [6, 6.07) is 7.20. The minimum absolute atomic E-state index is 0.400. The quantitative estimate of drug-likeness (QED) is 0.666. The molecule has 0 N–H and O–H groups in total. The van der Waals surface area contributed by atoms with Crippen molar-refractivity contribution in [1.29, 1.82) is 0 Å². The number of aromatic nitrogens is 2. The van der Waals surface area contributed by atoms with Crippen LogP contribution in [0.25, 0.3) is 10.9 Å². The molecule has 0 aliphatic rings. The summed E-state index contributed by atoms with van der Waals surface area (Å²) < 4.78 is 13.5. The molecular formula is C7H4FIN2. The highest BCUT2D eigenvalue weighted by molar-refractivity contribution is 14.1. The molecule has 0 saturated carbocycles. The number of hydrogen-bond donors (Lipinski definition) is 0. The third kappa shape index (κ3) is 1.01. The maximum absolute atomic E-state index is 12.8. The van der Waals surface area contributed by atoms with E-state index >= 15 is 0 Å². The van der Waals surface area contributed by atoms with Gasteiger partial charge in [-0.2, -0.15) is 0 Å². The first-order valence-electron chi connectivity index (χ1n) is 3.08. The molecular weight excluding hydrogens is 258 g/mol. The first-order valence-corrected chi connectivity index (χ1v) is 4.16. The van der Waals surface area contributed by atoms with Crippen molar-refractivity contribution in [2.75, 3.05) is 0 Å². The van der Waals surface area contributed by atoms with Crippen LogP contribution in [0.5, 0.6) is 0 Å². The molecule has 0 saturated heterocycles. The van der Waals surface area contributed by atoms with Crippen LogP contribution in [0.3, 0.4) is 0 Å². The summed E-state index contributed by atoms with van der Waals surface area (Å²) in [5.41, 5.74) is 0.525. The van der Waals surface area contributed by atoms with Crippen LogP contribution in [-0.4, -0.2) is 10.0 Å². The van der Waals surface area contributed by atoms with E-state index in [4.69, 9.17) is 0 Å². The maximum atomic E-state index is 12.8. The van der Waals surface area contributed by atoms with E-state index in [0.717, 1.165) is 5.39 Å². The number of benzene rings is 1. The van der Waals surface area contributed by atoms with Gasteiger partial charge in [-0.05, 0) is 34.7 Å². The van der Waals surface area contributed by atoms with Crippen molar-refractivity contribution < 1.29 is 4.48 Å². The number of rotatable bonds is 0. The Morgan fingerprint density at radius 1 is 1.36 bits per heavy atom. The van der Waals surface area contributed by atoms with Gasteiger partial charge < -0.3 is 0 Å². The van der Waals surface area contributed by atoms with Crippen molar-refractivity contribution >= 4 is 33.5 Å². The zero-order valence-electron chi connectivity index (χ0n) is 5.46. The predicted molar refractivity (Wildman–Crippen MR) is 49.0 cm³/mol. The highest BCUT2D eigenvalue weighted by atomic mass is 127. The Morgan fingerprint density at radius 3 is 2.82 bits per heavy atom. The van der Waals surface area contributed by atoms with Crippen LogP contribution in [0.2, 0.25) is 0 Å². The fraction of sp³-hybridized carbons (Fsp3) is 0. The van der Waals surface area contributed by atoms with Gasteiger partial charge in [0.1, 0.15) is 9.22 Å². The molecule has 2 rings (SSSR count). The van der Waals surface area contributed by atoms with Gasteiger partial charge in [0.05, 0.1) is 0 Å². The SMILES string of the molecule is Fn1nc(I)c2ccccc21. The molecule has 0 atom stereocenters. The molecule has 1 heterocycles. The van der Waals surface area contributed by atoms with Crippen molar-refractivity contribution in [3.05, 3.63) is 28.0 Å². The van der Waals surface area contributed by atoms with Gasteiger partial charge in [-0.15, -0.1) is 5.10 Å². The van der Waals surface area contributed by atoms with Gasteiger partial charge in [0.2, 0.25) is 0 Å². The zero-order chi connectivity index (χ0) is 7.84. The minimum atomic E-state index is 0.400. The van der Waals surface area contributed by atoms with E-state index in [1.54, 1.807) is 12.1 Å². The van der Waals surface area contributed by atoms with Crippen molar-refractivity contribution in [2.45, 2.75) is 0 Å². The lowest BCUT2D eigenvalue weighted by atomic mass is 10.3. The third-order valence-electron chi connectivity index (χ3n) is 1.50. The molecule has 56 valence electrons. The van der Waals surface area contributed by atoms with E-state index in [0.29, 0.717) is 14.1 Å². The first-order chi connectivity index (χ1) is 5.29. The summed E-state index contributed by atoms with van der Waals surface area (Å²) in [6.45, 7) is 0. The largest absolute Gasteiger partial charge is 0.135 e. The Labute approximate surface area is 76.1 Å². The Balaban J connectivity index is 2.95. The van der Waals surface area contributed by atoms with Crippen LogP contribution >= 0.6 is 22.6 Å². The molecule has 0 radical (unpaired) electrons. The third-order valence-corrected chi connectivity index (χ3v) is 2.30. The highest BCUT2D eigenvalue weighted by Crippen LogP contribution is 2.19. The molecule has 0 unspecified atom stereocenters. The lowest BCUT2D eigenvalue weighted by molar-refractivity contribution is 0.330. The van der Waals surface area contributed by atoms with E-state index < -0.39 is 0 Å². The number of halogens is 2. The van der Waals surface area contributed by atoms with Gasteiger partial charge in [-0.1, -0.05) is 21.5 Å². The summed E-state index contributed by atoms with van der Waals surface area (Å²) in [6.07, 6.45) is 0. The molecule has 0 bridgehead atoms. The highest BCUT2D eigenvalue weighted by Gasteiger charge is 2.05. The van der Waals surface area contributed by atoms with E-state index in [2.05, 4.69) is 5.10 Å². The van der Waals surface area contributed by atoms with Gasteiger partial charge in [-0.25, -0.2) is 0 Å². The minimum Gasteiger partial charge on any atom is -0.135 e. The lowest BCUT2D eigenvalue weighted by Gasteiger charge is -1.85. The number of fused-ring (bicyclic) bond motifs is 1. The summed E-state index contributed by atoms with van der Waals surface area (Å²) in [5.74, 6) is 0. The van der Waals surface area contributed by atoms with Gasteiger partial charge in [0.15, 0.2) is 0 Å². The van der Waals surface area contributed by atoms with Gasteiger partial charge in [0.25, 0.3) is 0 Å². The fourth-order valence-electron chi connectivity index (χ4n) is 0.994. The molecule has 1 aromatic heterocycles. The summed E-state index contributed by atoms with van der Waals surface area (Å²) in [4.78, 5) is 0.400. The topological polar surface area (TPSA) is 17.8 Å². The lowest BCUT2D eigenvalue weighted by Crippen LogP contribution is -1.82. The second-order valence-corrected chi connectivity index (χ2v) is 3.19. The van der Waals surface area contributed by atoms with Crippen LogP contribution < -0.4 is 0 Å². The van der Waals surface area contributed by atoms with Crippen LogP contribution in [0, 0.1) is 3.70 Å². The summed E-state index contributed by atoms with van der Waals surface area (Å²) in [7, 11) is 0. The molecule has 0 fully saturated rings. The Morgan fingerprint density at radius 2 is 2.09 bits per heavy atom. The standard InChI is InChI=1S/C7H4FIN2/c8-11-6-4-2-1-3-5(6)7(9)10-11/h1-4H. The molecule has 0 aliphatic heterocycles. The van der Waals surface area contributed by atoms with E-state index in [9.17, 15) is 4.48 Å². The van der Waals surface area contributed by atoms with Crippen LogP contribution in [0.1, 0.15) is 0 Å². The summed E-state index contributed by atoms with van der Waals surface area (Å²) >= 11 is 2.01. The molecule has 0 spiro atoms. The normalized spacial score (nSPS) is 10.7. The predicted octanol–water partition coefficient (Wildman–Crippen LogP) is 2.37. The number of para-hydroxylation sites is 1. The molecule has 11 heavy (non-hydrogen) atoms. The van der Waals surface area contributed by atoms with Crippen molar-refractivity contribution in [3.63, 3.8) is 0 Å². The average molecular weight is 262 g/mol. The number of nitrogens with zero attached hydrogens (tertiary/aromatic N) is 2. The smallest absolute Gasteiger partial charge is 0.134 e. The Hall–Kier alpha value is -0.650. The monoisotopic (exact) mass is 262 g/mol. The van der Waals surface area contributed by atoms with E-state index in [1.165, 1.54) is 0 Å². The van der Waals surface area contributed by atoms with Crippen molar-refractivity contribution in [2.24, 2.45) is 0 Å². The first kappa shape index (κ1) is 7.02. The molecule has 2 aromatic rings.